The molecule has 1 amide bonds. The molecule has 204 valence electrons. The number of carboxylic acids is 1. The van der Waals surface area contributed by atoms with E-state index >= 15 is 0 Å². The van der Waals surface area contributed by atoms with Crippen LogP contribution in [-0.4, -0.2) is 58.3 Å². The molecule has 2 atom stereocenters. The average molecular weight is 526 g/mol. The largest absolute Gasteiger partial charge is 0.496 e. The zero-order chi connectivity index (χ0) is 27.4. The Hall–Kier alpha value is -3.63. The second-order valence-corrected chi connectivity index (χ2v) is 9.72. The number of aromatic carboxylic acids is 1. The van der Waals surface area contributed by atoms with Crippen LogP contribution in [0.5, 0.6) is 11.5 Å². The molecule has 2 aromatic carbocycles. The van der Waals surface area contributed by atoms with Gasteiger partial charge in [0, 0.05) is 30.6 Å². The minimum absolute atomic E-state index is 0.0210. The first-order chi connectivity index (χ1) is 18.2. The Kier molecular flexibility index (Phi) is 8.53. The van der Waals surface area contributed by atoms with Gasteiger partial charge in [0.1, 0.15) is 29.2 Å². The van der Waals surface area contributed by atoms with Crippen molar-refractivity contribution >= 4 is 22.8 Å². The smallest absolute Gasteiger partial charge is 0.337 e. The van der Waals surface area contributed by atoms with Crippen LogP contribution in [-0.2, 0) is 22.6 Å². The monoisotopic (exact) mass is 525 g/mol. The van der Waals surface area contributed by atoms with Crippen LogP contribution >= 0.6 is 0 Å². The number of carbonyl (C=O) groups is 2. The first-order valence-corrected chi connectivity index (χ1v) is 12.7. The Bertz CT molecular complexity index is 1290. The number of hydrogen-bond donors (Lipinski definition) is 3. The number of rotatable bonds is 11. The number of ether oxygens (including phenoxy) is 3. The zero-order valence-corrected chi connectivity index (χ0v) is 22.2. The minimum atomic E-state index is -1.11. The van der Waals surface area contributed by atoms with Gasteiger partial charge in [-0.1, -0.05) is 12.8 Å². The number of fused-ring (bicyclic) bond motifs is 1. The van der Waals surface area contributed by atoms with Crippen LogP contribution in [0.1, 0.15) is 65.8 Å². The summed E-state index contributed by atoms with van der Waals surface area (Å²) in [6.45, 7) is 3.70. The molecule has 0 spiro atoms. The fourth-order valence-corrected chi connectivity index (χ4v) is 5.00. The van der Waals surface area contributed by atoms with Crippen LogP contribution in [0.4, 0.5) is 0 Å². The highest BCUT2D eigenvalue weighted by Gasteiger charge is 2.29. The van der Waals surface area contributed by atoms with Crippen molar-refractivity contribution in [3.8, 4) is 11.5 Å². The highest BCUT2D eigenvalue weighted by atomic mass is 16.5. The van der Waals surface area contributed by atoms with E-state index in [1.54, 1.807) is 43.3 Å². The molecule has 1 aliphatic rings. The van der Waals surface area contributed by atoms with Gasteiger partial charge in [0.15, 0.2) is 0 Å². The fraction of sp³-hybridized carbons (Fsp3) is 0.464. The Morgan fingerprint density at radius 3 is 2.37 bits per heavy atom. The molecule has 3 N–H and O–H groups in total. The van der Waals surface area contributed by atoms with Crippen LogP contribution in [0, 0.1) is 6.92 Å². The zero-order valence-electron chi connectivity index (χ0n) is 22.2. The normalized spacial score (nSPS) is 15.4. The van der Waals surface area contributed by atoms with E-state index in [1.807, 2.05) is 6.92 Å². The number of amides is 1. The molecule has 10 nitrogen and oxygen atoms in total. The predicted octanol–water partition coefficient (Wildman–Crippen LogP) is 3.76. The predicted molar refractivity (Wildman–Crippen MR) is 141 cm³/mol. The van der Waals surface area contributed by atoms with Gasteiger partial charge in [0.25, 0.3) is 0 Å². The number of nitrogens with one attached hydrogen (secondary N) is 1. The number of carbonyl (C=O) groups excluding carboxylic acids is 1. The van der Waals surface area contributed by atoms with Gasteiger partial charge in [-0.15, -0.1) is 0 Å². The van der Waals surface area contributed by atoms with E-state index in [9.17, 15) is 19.8 Å². The summed E-state index contributed by atoms with van der Waals surface area (Å²) in [7, 11) is 3.14. The van der Waals surface area contributed by atoms with E-state index in [4.69, 9.17) is 14.2 Å². The molecule has 0 saturated heterocycles. The topological polar surface area (TPSA) is 132 Å². The van der Waals surface area contributed by atoms with Crippen molar-refractivity contribution in [1.82, 2.24) is 15.1 Å². The standard InChI is InChI=1S/C28H35N3O7/c1-16-23(36-3)11-19(12-24(16)37-4)27(33)25(38-21-7-5-6-8-21)15-31-14-20-9-18(13-29-17(2)32)10-22(28(34)35)26(20)30-31/h9-12,14,21,25,27,33H,5-8,13,15H2,1-4H3,(H,29,32)(H,34,35)/t25-,27+/m0/s1. The number of methoxy groups -OCH3 is 2. The van der Waals surface area contributed by atoms with Gasteiger partial charge in [-0.25, -0.2) is 4.79 Å². The molecule has 0 unspecified atom stereocenters. The van der Waals surface area contributed by atoms with Crippen LogP contribution in [0.15, 0.2) is 30.5 Å². The van der Waals surface area contributed by atoms with E-state index in [2.05, 4.69) is 10.4 Å². The molecule has 3 aromatic rings. The van der Waals surface area contributed by atoms with Crippen molar-refractivity contribution in [2.45, 2.75) is 70.9 Å². The maximum Gasteiger partial charge on any atom is 0.337 e. The van der Waals surface area contributed by atoms with E-state index in [0.29, 0.717) is 33.5 Å². The van der Waals surface area contributed by atoms with Crippen LogP contribution in [0.3, 0.4) is 0 Å². The Morgan fingerprint density at radius 2 is 1.79 bits per heavy atom. The van der Waals surface area contributed by atoms with Crippen molar-refractivity contribution in [2.75, 3.05) is 14.2 Å². The van der Waals surface area contributed by atoms with E-state index in [1.165, 1.54) is 13.0 Å². The van der Waals surface area contributed by atoms with E-state index in [0.717, 1.165) is 31.2 Å². The molecule has 1 fully saturated rings. The molecular formula is C28H35N3O7. The Morgan fingerprint density at radius 1 is 1.13 bits per heavy atom. The first-order valence-electron chi connectivity index (χ1n) is 12.7. The third-order valence-corrected chi connectivity index (χ3v) is 6.99. The number of aliphatic hydroxyl groups excluding tert-OH is 1. The van der Waals surface area contributed by atoms with Gasteiger partial charge < -0.3 is 29.7 Å². The molecule has 10 heteroatoms. The third kappa shape index (κ3) is 6.08. The summed E-state index contributed by atoms with van der Waals surface area (Å²) < 4.78 is 19.0. The summed E-state index contributed by atoms with van der Waals surface area (Å²) in [5, 5.41) is 29.2. The van der Waals surface area contributed by atoms with Gasteiger partial charge in [0.05, 0.1) is 32.4 Å². The highest BCUT2D eigenvalue weighted by molar-refractivity contribution is 6.02. The molecule has 1 aromatic heterocycles. The maximum absolute atomic E-state index is 12.0. The van der Waals surface area contributed by atoms with Crippen LogP contribution in [0.2, 0.25) is 0 Å². The van der Waals surface area contributed by atoms with Crippen molar-refractivity contribution in [3.05, 3.63) is 52.7 Å². The van der Waals surface area contributed by atoms with Crippen molar-refractivity contribution in [3.63, 3.8) is 0 Å². The van der Waals surface area contributed by atoms with Gasteiger partial charge in [-0.2, -0.15) is 5.10 Å². The number of carboxylic acid groups (broad SMARTS) is 1. The summed E-state index contributed by atoms with van der Waals surface area (Å²) in [5.41, 5.74) is 2.45. The first kappa shape index (κ1) is 27.4. The average Bonchev–Trinajstić information content (AvgIpc) is 3.55. The summed E-state index contributed by atoms with van der Waals surface area (Å²) in [5.74, 6) is -0.119. The van der Waals surface area contributed by atoms with Crippen molar-refractivity contribution in [1.29, 1.82) is 0 Å². The molecule has 4 rings (SSSR count). The molecule has 0 aliphatic heterocycles. The van der Waals surface area contributed by atoms with Crippen LogP contribution < -0.4 is 14.8 Å². The summed E-state index contributed by atoms with van der Waals surface area (Å²) in [6, 6.07) is 6.89. The second kappa shape index (κ2) is 11.8. The lowest BCUT2D eigenvalue weighted by atomic mass is 10.0. The minimum Gasteiger partial charge on any atom is -0.496 e. The molecule has 1 aliphatic carbocycles. The fourth-order valence-electron chi connectivity index (χ4n) is 5.00. The number of hydrogen-bond acceptors (Lipinski definition) is 7. The SMILES string of the molecule is COc1cc([C@@H](O)[C@H](Cn2cc3cc(CNC(C)=O)cc(C(=O)O)c3n2)OC2CCCC2)cc(OC)c1C. The summed E-state index contributed by atoms with van der Waals surface area (Å²) in [4.78, 5) is 23.3. The van der Waals surface area contributed by atoms with Crippen molar-refractivity contribution in [2.24, 2.45) is 0 Å². The number of aliphatic hydroxyl groups is 1. The lowest BCUT2D eigenvalue weighted by Gasteiger charge is -2.27. The number of aromatic nitrogens is 2. The van der Waals surface area contributed by atoms with Crippen LogP contribution in [0.25, 0.3) is 10.9 Å². The molecule has 1 heterocycles. The molecule has 0 radical (unpaired) electrons. The summed E-state index contributed by atoms with van der Waals surface area (Å²) in [6.07, 6.45) is 4.08. The lowest BCUT2D eigenvalue weighted by Crippen LogP contribution is -2.31. The second-order valence-electron chi connectivity index (χ2n) is 9.72. The Labute approximate surface area is 221 Å². The lowest BCUT2D eigenvalue weighted by molar-refractivity contribution is -0.119. The molecule has 1 saturated carbocycles. The van der Waals surface area contributed by atoms with Crippen molar-refractivity contribution < 1.29 is 34.0 Å². The summed E-state index contributed by atoms with van der Waals surface area (Å²) >= 11 is 0. The third-order valence-electron chi connectivity index (χ3n) is 6.99. The van der Waals surface area contributed by atoms with Gasteiger partial charge >= 0.3 is 5.97 Å². The maximum atomic E-state index is 12.0. The highest BCUT2D eigenvalue weighted by Crippen LogP contribution is 2.35. The molecule has 38 heavy (non-hydrogen) atoms. The number of benzene rings is 2. The molecular weight excluding hydrogens is 490 g/mol. The Balaban J connectivity index is 1.69. The van der Waals surface area contributed by atoms with E-state index < -0.39 is 18.2 Å². The number of nitrogens with zero attached hydrogens (tertiary/aromatic N) is 2. The van der Waals surface area contributed by atoms with Gasteiger partial charge in [-0.05, 0) is 55.2 Å². The molecule has 0 bridgehead atoms. The van der Waals surface area contributed by atoms with E-state index in [-0.39, 0.29) is 30.7 Å². The van der Waals surface area contributed by atoms with Gasteiger partial charge in [-0.3, -0.25) is 9.48 Å². The van der Waals surface area contributed by atoms with Gasteiger partial charge in [0.2, 0.25) is 5.91 Å². The quantitative estimate of drug-likeness (QED) is 0.345.